The molecule has 2 aromatic heterocycles. The number of nitrogens with zero attached hydrogens (tertiary/aromatic N) is 3. The van der Waals surface area contributed by atoms with E-state index < -0.39 is 0 Å². The topological polar surface area (TPSA) is 42.7 Å². The first-order chi connectivity index (χ1) is 8.61. The van der Waals surface area contributed by atoms with Crippen molar-refractivity contribution < 1.29 is 0 Å². The summed E-state index contributed by atoms with van der Waals surface area (Å²) in [5, 5.41) is 4.20. The summed E-state index contributed by atoms with van der Waals surface area (Å²) in [5.41, 5.74) is 0.770. The minimum absolute atomic E-state index is 0.533. The first kappa shape index (κ1) is 13.2. The van der Waals surface area contributed by atoms with Gasteiger partial charge < -0.3 is 9.88 Å². The molecule has 0 fully saturated rings. The van der Waals surface area contributed by atoms with Gasteiger partial charge in [-0.25, -0.2) is 9.97 Å². The van der Waals surface area contributed by atoms with Gasteiger partial charge in [-0.3, -0.25) is 0 Å². The number of pyridine rings is 1. The van der Waals surface area contributed by atoms with Gasteiger partial charge in [0.05, 0.1) is 15.7 Å². The van der Waals surface area contributed by atoms with Crippen LogP contribution in [0.25, 0.3) is 0 Å². The molecule has 4 nitrogen and oxygen atoms in total. The Morgan fingerprint density at radius 2 is 2.11 bits per heavy atom. The molecule has 2 heterocycles. The molecule has 0 aliphatic heterocycles. The largest absolute Gasteiger partial charge is 0.369 e. The molecular weight excluding hydrogens is 271 g/mol. The summed E-state index contributed by atoms with van der Waals surface area (Å²) >= 11 is 12.2. The Morgan fingerprint density at radius 3 is 2.72 bits per heavy atom. The first-order valence-corrected chi connectivity index (χ1v) is 6.42. The summed E-state index contributed by atoms with van der Waals surface area (Å²) in [6.07, 6.45) is 4.23. The molecule has 0 bridgehead atoms. The van der Waals surface area contributed by atoms with Crippen LogP contribution >= 0.6 is 23.2 Å². The average Bonchev–Trinajstić information content (AvgIpc) is 2.71. The lowest BCUT2D eigenvalue weighted by molar-refractivity contribution is 0.811. The molecule has 0 aliphatic rings. The maximum Gasteiger partial charge on any atom is 0.145 e. The summed E-state index contributed by atoms with van der Waals surface area (Å²) in [7, 11) is 1.94. The highest BCUT2D eigenvalue weighted by molar-refractivity contribution is 6.36. The summed E-state index contributed by atoms with van der Waals surface area (Å²) in [6, 6.07) is 1.71. The molecule has 0 amide bonds. The van der Waals surface area contributed by atoms with Gasteiger partial charge in [0.25, 0.3) is 0 Å². The Balaban J connectivity index is 2.32. The molecule has 0 unspecified atom stereocenters. The molecule has 0 aliphatic carbocycles. The molecule has 2 aromatic rings. The maximum absolute atomic E-state index is 6.16. The molecule has 96 valence electrons. The standard InChI is InChI=1S/C12H14Cl2N4/c1-3-15-12-9(14)6-8(13)10(17-12)7-11-16-4-5-18(11)2/h4-6H,3,7H2,1-2H3,(H,15,17). The lowest BCUT2D eigenvalue weighted by atomic mass is 10.2. The minimum atomic E-state index is 0.533. The molecular formula is C12H14Cl2N4. The third kappa shape index (κ3) is 2.76. The van der Waals surface area contributed by atoms with E-state index in [0.717, 1.165) is 18.1 Å². The molecule has 0 saturated heterocycles. The molecule has 0 aromatic carbocycles. The van der Waals surface area contributed by atoms with E-state index in [1.165, 1.54) is 0 Å². The van der Waals surface area contributed by atoms with E-state index >= 15 is 0 Å². The number of aromatic nitrogens is 3. The Kier molecular flexibility index (Phi) is 4.09. The zero-order valence-corrected chi connectivity index (χ0v) is 11.8. The highest BCUT2D eigenvalue weighted by atomic mass is 35.5. The van der Waals surface area contributed by atoms with Gasteiger partial charge >= 0.3 is 0 Å². The van der Waals surface area contributed by atoms with Crippen molar-refractivity contribution in [2.75, 3.05) is 11.9 Å². The van der Waals surface area contributed by atoms with Crippen LogP contribution in [-0.4, -0.2) is 21.1 Å². The van der Waals surface area contributed by atoms with Crippen LogP contribution < -0.4 is 5.32 Å². The first-order valence-electron chi connectivity index (χ1n) is 5.66. The lowest BCUT2D eigenvalue weighted by Crippen LogP contribution is -2.05. The second-order valence-electron chi connectivity index (χ2n) is 3.91. The molecule has 0 atom stereocenters. The predicted molar refractivity (Wildman–Crippen MR) is 74.4 cm³/mol. The van der Waals surface area contributed by atoms with Crippen molar-refractivity contribution in [3.05, 3.63) is 40.0 Å². The lowest BCUT2D eigenvalue weighted by Gasteiger charge is -2.09. The Hall–Kier alpha value is -1.26. The molecule has 1 N–H and O–H groups in total. The molecule has 0 radical (unpaired) electrons. The summed E-state index contributed by atoms with van der Waals surface area (Å²) in [6.45, 7) is 2.75. The van der Waals surface area contributed by atoms with Crippen LogP contribution in [0.2, 0.25) is 10.0 Å². The van der Waals surface area contributed by atoms with Crippen LogP contribution in [0, 0.1) is 0 Å². The monoisotopic (exact) mass is 284 g/mol. The van der Waals surface area contributed by atoms with Gasteiger partial charge in [0.2, 0.25) is 0 Å². The van der Waals surface area contributed by atoms with Crippen LogP contribution in [0.4, 0.5) is 5.82 Å². The van der Waals surface area contributed by atoms with E-state index in [9.17, 15) is 0 Å². The van der Waals surface area contributed by atoms with E-state index in [2.05, 4.69) is 15.3 Å². The number of halogens is 2. The number of anilines is 1. The van der Waals surface area contributed by atoms with Gasteiger partial charge in [-0.1, -0.05) is 23.2 Å². The van der Waals surface area contributed by atoms with E-state index in [1.807, 2.05) is 24.7 Å². The van der Waals surface area contributed by atoms with Crippen molar-refractivity contribution in [1.29, 1.82) is 0 Å². The van der Waals surface area contributed by atoms with Gasteiger partial charge in [0.15, 0.2) is 0 Å². The summed E-state index contributed by atoms with van der Waals surface area (Å²) < 4.78 is 1.94. The van der Waals surface area contributed by atoms with Gasteiger partial charge in [-0.05, 0) is 13.0 Å². The Bertz CT molecular complexity index is 551. The highest BCUT2D eigenvalue weighted by Crippen LogP contribution is 2.27. The maximum atomic E-state index is 6.16. The van der Waals surface area contributed by atoms with Gasteiger partial charge in [0.1, 0.15) is 11.6 Å². The van der Waals surface area contributed by atoms with E-state index in [-0.39, 0.29) is 0 Å². The second kappa shape index (κ2) is 5.59. The fourth-order valence-electron chi connectivity index (χ4n) is 1.64. The fourth-order valence-corrected chi connectivity index (χ4v) is 2.13. The van der Waals surface area contributed by atoms with Crippen molar-refractivity contribution in [1.82, 2.24) is 14.5 Å². The van der Waals surface area contributed by atoms with E-state index in [0.29, 0.717) is 22.3 Å². The molecule has 18 heavy (non-hydrogen) atoms. The predicted octanol–water partition coefficient (Wildman–Crippen LogP) is 3.14. The number of imidazole rings is 1. The highest BCUT2D eigenvalue weighted by Gasteiger charge is 2.11. The van der Waals surface area contributed by atoms with Crippen molar-refractivity contribution in [3.63, 3.8) is 0 Å². The summed E-state index contributed by atoms with van der Waals surface area (Å²) in [4.78, 5) is 8.71. The smallest absolute Gasteiger partial charge is 0.145 e. The van der Waals surface area contributed by atoms with Crippen molar-refractivity contribution >= 4 is 29.0 Å². The van der Waals surface area contributed by atoms with Crippen LogP contribution in [0.5, 0.6) is 0 Å². The van der Waals surface area contributed by atoms with Crippen LogP contribution in [0.15, 0.2) is 18.5 Å². The molecule has 0 saturated carbocycles. The second-order valence-corrected chi connectivity index (χ2v) is 4.72. The Morgan fingerprint density at radius 1 is 1.33 bits per heavy atom. The van der Waals surface area contributed by atoms with Crippen LogP contribution in [-0.2, 0) is 13.5 Å². The van der Waals surface area contributed by atoms with Crippen molar-refractivity contribution in [3.8, 4) is 0 Å². The van der Waals surface area contributed by atoms with Crippen LogP contribution in [0.3, 0.4) is 0 Å². The van der Waals surface area contributed by atoms with Gasteiger partial charge in [-0.2, -0.15) is 0 Å². The zero-order chi connectivity index (χ0) is 13.1. The number of rotatable bonds is 4. The van der Waals surface area contributed by atoms with Crippen molar-refractivity contribution in [2.45, 2.75) is 13.3 Å². The van der Waals surface area contributed by atoms with E-state index in [4.69, 9.17) is 23.2 Å². The van der Waals surface area contributed by atoms with Gasteiger partial charge in [0, 0.05) is 32.4 Å². The average molecular weight is 285 g/mol. The summed E-state index contributed by atoms with van der Waals surface area (Å²) in [5.74, 6) is 1.57. The number of hydrogen-bond donors (Lipinski definition) is 1. The van der Waals surface area contributed by atoms with Crippen molar-refractivity contribution in [2.24, 2.45) is 7.05 Å². The number of aryl methyl sites for hydroxylation is 1. The van der Waals surface area contributed by atoms with Crippen LogP contribution in [0.1, 0.15) is 18.4 Å². The SMILES string of the molecule is CCNc1nc(Cc2nccn2C)c(Cl)cc1Cl. The molecule has 2 rings (SSSR count). The number of nitrogens with one attached hydrogen (secondary N) is 1. The minimum Gasteiger partial charge on any atom is -0.369 e. The fraction of sp³-hybridized carbons (Fsp3) is 0.333. The van der Waals surface area contributed by atoms with E-state index in [1.54, 1.807) is 12.3 Å². The molecule has 6 heteroatoms. The quantitative estimate of drug-likeness (QED) is 0.938. The number of hydrogen-bond acceptors (Lipinski definition) is 3. The molecule has 0 spiro atoms. The van der Waals surface area contributed by atoms with Gasteiger partial charge in [-0.15, -0.1) is 0 Å². The third-order valence-electron chi connectivity index (χ3n) is 2.59. The zero-order valence-electron chi connectivity index (χ0n) is 10.2. The normalized spacial score (nSPS) is 10.7. The third-order valence-corrected chi connectivity index (χ3v) is 3.21. The Labute approximate surface area is 116 Å².